The molecular formula is C11H15N. The first-order valence-corrected chi connectivity index (χ1v) is 4.17. The first kappa shape index (κ1) is 8.85. The Bertz CT molecular complexity index is 287. The molecule has 1 aromatic rings. The number of rotatable bonds is 2. The molecular weight excluding hydrogens is 146 g/mol. The maximum absolute atomic E-state index is 5.73. The third-order valence-corrected chi connectivity index (χ3v) is 2.00. The lowest BCUT2D eigenvalue weighted by Gasteiger charge is -2.07. The fourth-order valence-electron chi connectivity index (χ4n) is 1.13. The molecule has 1 aromatic carbocycles. The van der Waals surface area contributed by atoms with Crippen LogP contribution in [0, 0.1) is 0 Å². The van der Waals surface area contributed by atoms with Crippen molar-refractivity contribution in [2.24, 2.45) is 0 Å². The Balaban J connectivity index is 3.13. The van der Waals surface area contributed by atoms with Gasteiger partial charge in [0.1, 0.15) is 0 Å². The van der Waals surface area contributed by atoms with E-state index in [0.29, 0.717) is 5.92 Å². The van der Waals surface area contributed by atoms with Gasteiger partial charge in [0.25, 0.3) is 0 Å². The molecule has 0 aliphatic carbocycles. The van der Waals surface area contributed by atoms with E-state index in [9.17, 15) is 0 Å². The van der Waals surface area contributed by atoms with Crippen LogP contribution in [0.25, 0.3) is 6.08 Å². The zero-order chi connectivity index (χ0) is 9.14. The summed E-state index contributed by atoms with van der Waals surface area (Å²) < 4.78 is 0. The molecule has 0 saturated carbocycles. The van der Waals surface area contributed by atoms with Gasteiger partial charge in [0.2, 0.25) is 0 Å². The predicted molar refractivity (Wildman–Crippen MR) is 55.0 cm³/mol. The van der Waals surface area contributed by atoms with Crippen LogP contribution in [0.5, 0.6) is 0 Å². The van der Waals surface area contributed by atoms with E-state index in [1.165, 1.54) is 5.56 Å². The van der Waals surface area contributed by atoms with Gasteiger partial charge in [-0.2, -0.15) is 0 Å². The van der Waals surface area contributed by atoms with Crippen LogP contribution in [0.4, 0.5) is 5.69 Å². The number of nitrogen functional groups attached to an aromatic ring is 1. The molecule has 0 unspecified atom stereocenters. The van der Waals surface area contributed by atoms with Gasteiger partial charge in [-0.3, -0.25) is 0 Å². The van der Waals surface area contributed by atoms with Gasteiger partial charge >= 0.3 is 0 Å². The quantitative estimate of drug-likeness (QED) is 0.663. The van der Waals surface area contributed by atoms with Crippen molar-refractivity contribution in [3.05, 3.63) is 35.9 Å². The predicted octanol–water partition coefficient (Wildman–Crippen LogP) is 3.04. The lowest BCUT2D eigenvalue weighted by atomic mass is 10.00. The molecule has 0 aliphatic rings. The fourth-order valence-corrected chi connectivity index (χ4v) is 1.13. The molecule has 0 saturated heterocycles. The van der Waals surface area contributed by atoms with Crippen LogP contribution in [0.15, 0.2) is 24.8 Å². The van der Waals surface area contributed by atoms with Gasteiger partial charge in [-0.05, 0) is 29.2 Å². The highest BCUT2D eigenvalue weighted by molar-refractivity contribution is 5.64. The molecule has 1 rings (SSSR count). The second kappa shape index (κ2) is 3.44. The van der Waals surface area contributed by atoms with E-state index in [0.717, 1.165) is 11.3 Å². The molecule has 0 aliphatic heterocycles. The topological polar surface area (TPSA) is 26.0 Å². The van der Waals surface area contributed by atoms with E-state index < -0.39 is 0 Å². The number of nitrogens with two attached hydrogens (primary N) is 1. The standard InChI is InChI=1S/C11H15N/c1-4-9-7-10(8(2)3)5-6-11(9)12/h4-8H,1,12H2,2-3H3. The van der Waals surface area contributed by atoms with Crippen molar-refractivity contribution in [2.75, 3.05) is 5.73 Å². The van der Waals surface area contributed by atoms with Crippen LogP contribution in [0.3, 0.4) is 0 Å². The molecule has 0 fully saturated rings. The van der Waals surface area contributed by atoms with E-state index in [1.54, 1.807) is 6.08 Å². The van der Waals surface area contributed by atoms with E-state index in [2.05, 4.69) is 32.6 Å². The monoisotopic (exact) mass is 161 g/mol. The lowest BCUT2D eigenvalue weighted by molar-refractivity contribution is 0.866. The third-order valence-electron chi connectivity index (χ3n) is 2.00. The van der Waals surface area contributed by atoms with Crippen LogP contribution in [0.2, 0.25) is 0 Å². The molecule has 0 aromatic heterocycles. The molecule has 0 amide bonds. The molecule has 1 nitrogen and oxygen atoms in total. The molecule has 2 N–H and O–H groups in total. The molecule has 0 bridgehead atoms. The van der Waals surface area contributed by atoms with Gasteiger partial charge < -0.3 is 5.73 Å². The van der Waals surface area contributed by atoms with Gasteiger partial charge in [0, 0.05) is 5.69 Å². The van der Waals surface area contributed by atoms with Gasteiger partial charge in [0.15, 0.2) is 0 Å². The van der Waals surface area contributed by atoms with E-state index in [-0.39, 0.29) is 0 Å². The summed E-state index contributed by atoms with van der Waals surface area (Å²) >= 11 is 0. The molecule has 1 heteroatoms. The summed E-state index contributed by atoms with van der Waals surface area (Å²) in [5.41, 5.74) is 8.86. The summed E-state index contributed by atoms with van der Waals surface area (Å²) in [4.78, 5) is 0. The van der Waals surface area contributed by atoms with Gasteiger partial charge in [0.05, 0.1) is 0 Å². The SMILES string of the molecule is C=Cc1cc(C(C)C)ccc1N. The Kier molecular flexibility index (Phi) is 2.54. The smallest absolute Gasteiger partial charge is 0.0387 e. The highest BCUT2D eigenvalue weighted by Gasteiger charge is 2.00. The van der Waals surface area contributed by atoms with Gasteiger partial charge in [-0.1, -0.05) is 32.6 Å². The lowest BCUT2D eigenvalue weighted by Crippen LogP contribution is -1.93. The average Bonchev–Trinajstić information content (AvgIpc) is 2.05. The minimum absolute atomic E-state index is 0.546. The van der Waals surface area contributed by atoms with E-state index >= 15 is 0 Å². The summed E-state index contributed by atoms with van der Waals surface area (Å²) in [5, 5.41) is 0. The number of benzene rings is 1. The Hall–Kier alpha value is -1.24. The molecule has 64 valence electrons. The van der Waals surface area contributed by atoms with Crippen LogP contribution in [-0.4, -0.2) is 0 Å². The Morgan fingerprint density at radius 2 is 2.08 bits per heavy atom. The Morgan fingerprint density at radius 3 is 2.58 bits per heavy atom. The zero-order valence-corrected chi connectivity index (χ0v) is 7.67. The minimum Gasteiger partial charge on any atom is -0.398 e. The summed E-state index contributed by atoms with van der Waals surface area (Å²) in [5.74, 6) is 0.546. The zero-order valence-electron chi connectivity index (χ0n) is 7.67. The molecule has 0 heterocycles. The van der Waals surface area contributed by atoms with E-state index in [1.807, 2.05) is 6.07 Å². The molecule has 0 atom stereocenters. The summed E-state index contributed by atoms with van der Waals surface area (Å²) in [6.45, 7) is 8.04. The first-order valence-electron chi connectivity index (χ1n) is 4.17. The molecule has 0 spiro atoms. The van der Waals surface area contributed by atoms with E-state index in [4.69, 9.17) is 5.73 Å². The van der Waals surface area contributed by atoms with Gasteiger partial charge in [-0.15, -0.1) is 0 Å². The normalized spacial score (nSPS) is 10.2. The second-order valence-corrected chi connectivity index (χ2v) is 3.25. The van der Waals surface area contributed by atoms with Crippen molar-refractivity contribution >= 4 is 11.8 Å². The van der Waals surface area contributed by atoms with Crippen LogP contribution in [-0.2, 0) is 0 Å². The highest BCUT2D eigenvalue weighted by Crippen LogP contribution is 2.20. The van der Waals surface area contributed by atoms with Crippen LogP contribution >= 0.6 is 0 Å². The van der Waals surface area contributed by atoms with Crippen molar-refractivity contribution in [1.29, 1.82) is 0 Å². The van der Waals surface area contributed by atoms with Gasteiger partial charge in [-0.25, -0.2) is 0 Å². The van der Waals surface area contributed by atoms with Crippen molar-refractivity contribution in [3.8, 4) is 0 Å². The maximum atomic E-state index is 5.73. The van der Waals surface area contributed by atoms with Crippen LogP contribution < -0.4 is 5.73 Å². The second-order valence-electron chi connectivity index (χ2n) is 3.25. The average molecular weight is 161 g/mol. The summed E-state index contributed by atoms with van der Waals surface area (Å²) in [6, 6.07) is 6.09. The van der Waals surface area contributed by atoms with Crippen molar-refractivity contribution < 1.29 is 0 Å². The Morgan fingerprint density at radius 1 is 1.42 bits per heavy atom. The Labute approximate surface area is 73.9 Å². The summed E-state index contributed by atoms with van der Waals surface area (Å²) in [7, 11) is 0. The van der Waals surface area contributed by atoms with Crippen molar-refractivity contribution in [1.82, 2.24) is 0 Å². The first-order chi connectivity index (χ1) is 5.65. The summed E-state index contributed by atoms with van der Waals surface area (Å²) in [6.07, 6.45) is 1.79. The van der Waals surface area contributed by atoms with Crippen LogP contribution in [0.1, 0.15) is 30.9 Å². The number of hydrogen-bond acceptors (Lipinski definition) is 1. The maximum Gasteiger partial charge on any atom is 0.0387 e. The minimum atomic E-state index is 0.546. The third kappa shape index (κ3) is 1.67. The molecule has 12 heavy (non-hydrogen) atoms. The molecule has 0 radical (unpaired) electrons. The van der Waals surface area contributed by atoms with Crippen molar-refractivity contribution in [2.45, 2.75) is 19.8 Å². The van der Waals surface area contributed by atoms with Crippen molar-refractivity contribution in [3.63, 3.8) is 0 Å². The number of anilines is 1. The highest BCUT2D eigenvalue weighted by atomic mass is 14.5. The number of hydrogen-bond donors (Lipinski definition) is 1. The fraction of sp³-hybridized carbons (Fsp3) is 0.273. The largest absolute Gasteiger partial charge is 0.398 e.